The van der Waals surface area contributed by atoms with E-state index in [1.807, 2.05) is 31.2 Å². The maximum Gasteiger partial charge on any atom is 0.259 e. The molecule has 0 radical (unpaired) electrons. The first-order valence-electron chi connectivity index (χ1n) is 9.29. The van der Waals surface area contributed by atoms with Gasteiger partial charge in [0.15, 0.2) is 5.76 Å². The van der Waals surface area contributed by atoms with Gasteiger partial charge in [0.2, 0.25) is 0 Å². The summed E-state index contributed by atoms with van der Waals surface area (Å²) in [6.45, 7) is 4.61. The van der Waals surface area contributed by atoms with Crippen molar-refractivity contribution in [1.82, 2.24) is 15.0 Å². The van der Waals surface area contributed by atoms with Crippen LogP contribution in [-0.2, 0) is 0 Å². The Balaban J connectivity index is 1.56. The zero-order chi connectivity index (χ0) is 20.4. The topological polar surface area (TPSA) is 81.6 Å². The monoisotopic (exact) mass is 391 g/mol. The summed E-state index contributed by atoms with van der Waals surface area (Å²) < 4.78 is 16.5. The van der Waals surface area contributed by atoms with Crippen molar-refractivity contribution < 1.29 is 18.5 Å². The van der Waals surface area contributed by atoms with Crippen LogP contribution in [0.15, 0.2) is 57.7 Å². The SMILES string of the molecule is Cc1cccc(OCCN(C)C(=O)c2cc(-c3ccco3)nc3onc(C)c23)c1. The summed E-state index contributed by atoms with van der Waals surface area (Å²) in [5, 5.41) is 4.58. The highest BCUT2D eigenvalue weighted by molar-refractivity contribution is 6.06. The second-order valence-corrected chi connectivity index (χ2v) is 6.87. The van der Waals surface area contributed by atoms with Gasteiger partial charge in [0.25, 0.3) is 11.6 Å². The third kappa shape index (κ3) is 3.85. The molecule has 0 bridgehead atoms. The van der Waals surface area contributed by atoms with E-state index in [0.29, 0.717) is 47.0 Å². The molecule has 1 aromatic carbocycles. The number of aryl methyl sites for hydroxylation is 2. The lowest BCUT2D eigenvalue weighted by Crippen LogP contribution is -2.31. The number of nitrogens with zero attached hydrogens (tertiary/aromatic N) is 3. The van der Waals surface area contributed by atoms with Crippen molar-refractivity contribution in [2.24, 2.45) is 0 Å². The first-order valence-corrected chi connectivity index (χ1v) is 9.29. The Morgan fingerprint density at radius 2 is 2.03 bits per heavy atom. The molecule has 0 unspecified atom stereocenters. The zero-order valence-electron chi connectivity index (χ0n) is 16.5. The average Bonchev–Trinajstić information content (AvgIpc) is 3.37. The minimum Gasteiger partial charge on any atom is -0.492 e. The lowest BCUT2D eigenvalue weighted by molar-refractivity contribution is 0.0775. The van der Waals surface area contributed by atoms with Gasteiger partial charge in [-0.1, -0.05) is 17.3 Å². The lowest BCUT2D eigenvalue weighted by atomic mass is 10.1. The largest absolute Gasteiger partial charge is 0.492 e. The van der Waals surface area contributed by atoms with Crippen molar-refractivity contribution >= 4 is 17.0 Å². The van der Waals surface area contributed by atoms with E-state index < -0.39 is 0 Å². The number of furan rings is 1. The molecule has 4 aromatic rings. The maximum atomic E-state index is 13.2. The minimum atomic E-state index is -0.163. The number of amides is 1. The van der Waals surface area contributed by atoms with E-state index >= 15 is 0 Å². The highest BCUT2D eigenvalue weighted by Crippen LogP contribution is 2.28. The molecule has 0 atom stereocenters. The van der Waals surface area contributed by atoms with Crippen molar-refractivity contribution in [3.8, 4) is 17.2 Å². The molecule has 0 spiro atoms. The predicted molar refractivity (Wildman–Crippen MR) is 108 cm³/mol. The smallest absolute Gasteiger partial charge is 0.259 e. The highest BCUT2D eigenvalue weighted by Gasteiger charge is 2.22. The number of benzene rings is 1. The number of rotatable bonds is 6. The lowest BCUT2D eigenvalue weighted by Gasteiger charge is -2.18. The molecule has 3 heterocycles. The van der Waals surface area contributed by atoms with Gasteiger partial charge in [-0.3, -0.25) is 4.79 Å². The molecule has 0 aliphatic carbocycles. The number of carbonyl (C=O) groups excluding carboxylic acids is 1. The summed E-state index contributed by atoms with van der Waals surface area (Å²) in [5.74, 6) is 1.18. The molecule has 0 aliphatic heterocycles. The van der Waals surface area contributed by atoms with Crippen molar-refractivity contribution in [2.45, 2.75) is 13.8 Å². The molecule has 0 aliphatic rings. The van der Waals surface area contributed by atoms with E-state index in [-0.39, 0.29) is 5.91 Å². The van der Waals surface area contributed by atoms with Gasteiger partial charge < -0.3 is 18.6 Å². The van der Waals surface area contributed by atoms with E-state index in [9.17, 15) is 4.79 Å². The van der Waals surface area contributed by atoms with Crippen LogP contribution in [0.5, 0.6) is 5.75 Å². The quantitative estimate of drug-likeness (QED) is 0.489. The van der Waals surface area contributed by atoms with Crippen LogP contribution in [0.4, 0.5) is 0 Å². The van der Waals surface area contributed by atoms with Crippen LogP contribution in [0.2, 0.25) is 0 Å². The third-order valence-electron chi connectivity index (χ3n) is 4.65. The Hall–Kier alpha value is -3.61. The Morgan fingerprint density at radius 3 is 2.79 bits per heavy atom. The average molecular weight is 391 g/mol. The van der Waals surface area contributed by atoms with Crippen LogP contribution < -0.4 is 4.74 Å². The van der Waals surface area contributed by atoms with E-state index in [1.54, 1.807) is 43.3 Å². The normalized spacial score (nSPS) is 11.0. The molecule has 0 saturated carbocycles. The molecular weight excluding hydrogens is 370 g/mol. The maximum absolute atomic E-state index is 13.2. The molecule has 7 nitrogen and oxygen atoms in total. The summed E-state index contributed by atoms with van der Waals surface area (Å²) in [6, 6.07) is 13.1. The third-order valence-corrected chi connectivity index (χ3v) is 4.65. The molecule has 0 saturated heterocycles. The van der Waals surface area contributed by atoms with Crippen LogP contribution >= 0.6 is 0 Å². The molecule has 1 amide bonds. The fourth-order valence-corrected chi connectivity index (χ4v) is 3.13. The Morgan fingerprint density at radius 1 is 1.17 bits per heavy atom. The van der Waals surface area contributed by atoms with E-state index in [2.05, 4.69) is 10.1 Å². The second kappa shape index (κ2) is 7.79. The second-order valence-electron chi connectivity index (χ2n) is 6.87. The van der Waals surface area contributed by atoms with Gasteiger partial charge in [-0.25, -0.2) is 4.98 Å². The number of hydrogen-bond acceptors (Lipinski definition) is 6. The Kier molecular flexibility index (Phi) is 5.03. The number of hydrogen-bond donors (Lipinski definition) is 0. The summed E-state index contributed by atoms with van der Waals surface area (Å²) in [5.41, 5.74) is 3.04. The minimum absolute atomic E-state index is 0.163. The molecule has 4 rings (SSSR count). The van der Waals surface area contributed by atoms with Crippen molar-refractivity contribution in [2.75, 3.05) is 20.2 Å². The van der Waals surface area contributed by atoms with Gasteiger partial charge in [-0.2, -0.15) is 0 Å². The van der Waals surface area contributed by atoms with Crippen LogP contribution in [0, 0.1) is 13.8 Å². The Labute approximate surface area is 167 Å². The van der Waals surface area contributed by atoms with Crippen molar-refractivity contribution in [3.63, 3.8) is 0 Å². The van der Waals surface area contributed by atoms with Crippen LogP contribution in [0.25, 0.3) is 22.6 Å². The molecule has 0 fully saturated rings. The van der Waals surface area contributed by atoms with Crippen LogP contribution in [-0.4, -0.2) is 41.1 Å². The van der Waals surface area contributed by atoms with E-state index in [0.717, 1.165) is 11.3 Å². The number of ether oxygens (including phenoxy) is 1. The fraction of sp³-hybridized carbons (Fsp3) is 0.227. The first-order chi connectivity index (χ1) is 14.0. The molecule has 29 heavy (non-hydrogen) atoms. The van der Waals surface area contributed by atoms with Crippen molar-refractivity contribution in [3.05, 3.63) is 65.5 Å². The first kappa shape index (κ1) is 18.7. The molecule has 3 aromatic heterocycles. The molecular formula is C22H21N3O4. The number of aromatic nitrogens is 2. The molecule has 7 heteroatoms. The summed E-state index contributed by atoms with van der Waals surface area (Å²) in [6.07, 6.45) is 1.56. The van der Waals surface area contributed by atoms with Crippen LogP contribution in [0.3, 0.4) is 0 Å². The van der Waals surface area contributed by atoms with Crippen LogP contribution in [0.1, 0.15) is 21.6 Å². The fourth-order valence-electron chi connectivity index (χ4n) is 3.13. The number of fused-ring (bicyclic) bond motifs is 1. The summed E-state index contributed by atoms with van der Waals surface area (Å²) in [7, 11) is 1.74. The highest BCUT2D eigenvalue weighted by atomic mass is 16.5. The van der Waals surface area contributed by atoms with Gasteiger partial charge in [-0.15, -0.1) is 0 Å². The van der Waals surface area contributed by atoms with E-state index in [4.69, 9.17) is 13.7 Å². The summed E-state index contributed by atoms with van der Waals surface area (Å²) >= 11 is 0. The van der Waals surface area contributed by atoms with E-state index in [1.165, 1.54) is 0 Å². The number of carbonyl (C=O) groups is 1. The number of likely N-dealkylation sites (N-methyl/N-ethyl adjacent to an activating group) is 1. The number of pyridine rings is 1. The Bertz CT molecular complexity index is 1150. The molecule has 0 N–H and O–H groups in total. The van der Waals surface area contributed by atoms with Crippen molar-refractivity contribution in [1.29, 1.82) is 0 Å². The van der Waals surface area contributed by atoms with Gasteiger partial charge >= 0.3 is 0 Å². The van der Waals surface area contributed by atoms with Gasteiger partial charge in [-0.05, 0) is 49.7 Å². The van der Waals surface area contributed by atoms with Gasteiger partial charge in [0.05, 0.1) is 29.5 Å². The van der Waals surface area contributed by atoms with Gasteiger partial charge in [0.1, 0.15) is 18.1 Å². The standard InChI is InChI=1S/C22H21N3O4/c1-14-6-4-7-16(12-14)27-11-9-25(3)22(26)17-13-18(19-8-5-10-28-19)23-21-20(17)15(2)24-29-21/h4-8,10,12-13H,9,11H2,1-3H3. The van der Waals surface area contributed by atoms with Gasteiger partial charge in [0, 0.05) is 7.05 Å². The zero-order valence-corrected chi connectivity index (χ0v) is 16.5. The predicted octanol–water partition coefficient (Wildman–Crippen LogP) is 4.25. The molecule has 148 valence electrons. The summed E-state index contributed by atoms with van der Waals surface area (Å²) in [4.78, 5) is 19.2.